The van der Waals surface area contributed by atoms with Crippen LogP contribution in [0.15, 0.2) is 66.9 Å². The summed E-state index contributed by atoms with van der Waals surface area (Å²) in [6.45, 7) is 1.19. The molecule has 0 radical (unpaired) electrons. The number of alkyl halides is 3. The van der Waals surface area contributed by atoms with E-state index in [0.717, 1.165) is 17.8 Å². The zero-order chi connectivity index (χ0) is 22.6. The molecule has 3 rings (SSSR count). The van der Waals surface area contributed by atoms with E-state index in [4.69, 9.17) is 0 Å². The van der Waals surface area contributed by atoms with Crippen molar-refractivity contribution in [1.29, 1.82) is 0 Å². The first kappa shape index (κ1) is 21.8. The van der Waals surface area contributed by atoms with Gasteiger partial charge in [-0.05, 0) is 42.5 Å². The van der Waals surface area contributed by atoms with Gasteiger partial charge in [0.15, 0.2) is 0 Å². The van der Waals surface area contributed by atoms with Gasteiger partial charge in [0.05, 0.1) is 16.8 Å². The number of nitrogens with one attached hydrogen (secondary N) is 2. The first-order valence-electron chi connectivity index (χ1n) is 9.20. The molecule has 31 heavy (non-hydrogen) atoms. The molecule has 0 aliphatic rings. The average molecular weight is 428 g/mol. The van der Waals surface area contributed by atoms with Gasteiger partial charge < -0.3 is 15.5 Å². The summed E-state index contributed by atoms with van der Waals surface area (Å²) < 4.78 is 40.3. The van der Waals surface area contributed by atoms with E-state index >= 15 is 0 Å². The first-order valence-corrected chi connectivity index (χ1v) is 9.20. The largest absolute Gasteiger partial charge is 0.418 e. The number of hydrogen-bond donors (Lipinski definition) is 2. The highest BCUT2D eigenvalue weighted by Crippen LogP contribution is 2.37. The molecule has 6 nitrogen and oxygen atoms in total. The van der Waals surface area contributed by atoms with Crippen LogP contribution in [0.4, 0.5) is 36.1 Å². The molecule has 0 spiro atoms. The predicted molar refractivity (Wildman–Crippen MR) is 112 cm³/mol. The van der Waals surface area contributed by atoms with E-state index in [2.05, 4.69) is 15.6 Å². The van der Waals surface area contributed by atoms with Gasteiger partial charge in [0.2, 0.25) is 5.91 Å². The van der Waals surface area contributed by atoms with E-state index in [-0.39, 0.29) is 11.3 Å². The fourth-order valence-electron chi connectivity index (χ4n) is 2.87. The number of benzene rings is 2. The van der Waals surface area contributed by atoms with Gasteiger partial charge in [-0.3, -0.25) is 9.59 Å². The van der Waals surface area contributed by atoms with Gasteiger partial charge in [0, 0.05) is 31.5 Å². The Labute approximate surface area is 176 Å². The summed E-state index contributed by atoms with van der Waals surface area (Å²) >= 11 is 0. The minimum absolute atomic E-state index is 0.0206. The zero-order valence-electron chi connectivity index (χ0n) is 16.7. The van der Waals surface area contributed by atoms with Crippen molar-refractivity contribution in [3.8, 4) is 0 Å². The third kappa shape index (κ3) is 5.39. The molecule has 1 heterocycles. The monoisotopic (exact) mass is 428 g/mol. The summed E-state index contributed by atoms with van der Waals surface area (Å²) in [6, 6.07) is 15.7. The Morgan fingerprint density at radius 2 is 1.68 bits per heavy atom. The molecule has 3 aromatic rings. The minimum Gasteiger partial charge on any atom is -0.329 e. The highest BCUT2D eigenvalue weighted by atomic mass is 19.4. The van der Waals surface area contributed by atoms with Crippen LogP contribution in [0.3, 0.4) is 0 Å². The van der Waals surface area contributed by atoms with Crippen LogP contribution in [0.5, 0.6) is 0 Å². The number of carbonyl (C=O) groups is 2. The van der Waals surface area contributed by atoms with Crippen molar-refractivity contribution < 1.29 is 22.8 Å². The number of hydrogen-bond acceptors (Lipinski definition) is 4. The topological polar surface area (TPSA) is 74.3 Å². The van der Waals surface area contributed by atoms with Crippen LogP contribution in [-0.2, 0) is 11.0 Å². The van der Waals surface area contributed by atoms with Crippen molar-refractivity contribution in [2.75, 3.05) is 22.6 Å². The lowest BCUT2D eigenvalue weighted by atomic mass is 10.1. The second kappa shape index (κ2) is 8.86. The fraction of sp³-hybridized carbons (Fsp3) is 0.136. The number of pyridine rings is 1. The van der Waals surface area contributed by atoms with Crippen LogP contribution in [-0.4, -0.2) is 23.8 Å². The van der Waals surface area contributed by atoms with Crippen molar-refractivity contribution in [3.63, 3.8) is 0 Å². The lowest BCUT2D eigenvalue weighted by molar-refractivity contribution is -0.137. The molecule has 0 atom stereocenters. The van der Waals surface area contributed by atoms with Crippen molar-refractivity contribution in [2.45, 2.75) is 13.1 Å². The number of para-hydroxylation sites is 1. The highest BCUT2D eigenvalue weighted by Gasteiger charge is 2.34. The summed E-state index contributed by atoms with van der Waals surface area (Å²) in [5, 5.41) is 4.56. The summed E-state index contributed by atoms with van der Waals surface area (Å²) in [7, 11) is 1.81. The van der Waals surface area contributed by atoms with E-state index < -0.39 is 29.2 Å². The Hall–Kier alpha value is -3.88. The third-order valence-electron chi connectivity index (χ3n) is 4.39. The molecule has 0 aliphatic heterocycles. The molecule has 0 unspecified atom stereocenters. The molecule has 0 aliphatic carbocycles. The Morgan fingerprint density at radius 1 is 0.968 bits per heavy atom. The Bertz CT molecular complexity index is 1080. The smallest absolute Gasteiger partial charge is 0.329 e. The zero-order valence-corrected chi connectivity index (χ0v) is 16.7. The Morgan fingerprint density at radius 3 is 2.26 bits per heavy atom. The van der Waals surface area contributed by atoms with Crippen molar-refractivity contribution in [3.05, 3.63) is 78.0 Å². The third-order valence-corrected chi connectivity index (χ3v) is 4.39. The van der Waals surface area contributed by atoms with Crippen LogP contribution >= 0.6 is 0 Å². The van der Waals surface area contributed by atoms with E-state index in [9.17, 15) is 22.8 Å². The summed E-state index contributed by atoms with van der Waals surface area (Å²) in [5.41, 5.74) is -0.518. The second-order valence-corrected chi connectivity index (χ2v) is 6.69. The lowest BCUT2D eigenvalue weighted by Gasteiger charge is -2.18. The maximum atomic E-state index is 13.4. The van der Waals surface area contributed by atoms with Gasteiger partial charge in [-0.25, -0.2) is 4.98 Å². The second-order valence-electron chi connectivity index (χ2n) is 6.69. The lowest BCUT2D eigenvalue weighted by Crippen LogP contribution is -2.18. The average Bonchev–Trinajstić information content (AvgIpc) is 2.74. The maximum absolute atomic E-state index is 13.4. The van der Waals surface area contributed by atoms with Crippen molar-refractivity contribution in [1.82, 2.24) is 4.98 Å². The normalized spacial score (nSPS) is 11.0. The van der Waals surface area contributed by atoms with Crippen LogP contribution in [0.1, 0.15) is 22.8 Å². The van der Waals surface area contributed by atoms with Gasteiger partial charge >= 0.3 is 6.18 Å². The molecule has 2 amide bonds. The van der Waals surface area contributed by atoms with Gasteiger partial charge in [-0.15, -0.1) is 0 Å². The fourth-order valence-corrected chi connectivity index (χ4v) is 2.87. The van der Waals surface area contributed by atoms with Crippen LogP contribution in [0.2, 0.25) is 0 Å². The Kier molecular flexibility index (Phi) is 6.24. The predicted octanol–water partition coefficient (Wildman–Crippen LogP) is 5.08. The molecular formula is C22H19F3N4O2. The number of aromatic nitrogens is 1. The number of anilines is 4. The molecule has 0 fully saturated rings. The van der Waals surface area contributed by atoms with Crippen LogP contribution in [0, 0.1) is 0 Å². The van der Waals surface area contributed by atoms with Gasteiger partial charge in [-0.1, -0.05) is 18.2 Å². The summed E-state index contributed by atoms with van der Waals surface area (Å²) in [6.07, 6.45) is -3.43. The molecule has 160 valence electrons. The summed E-state index contributed by atoms with van der Waals surface area (Å²) in [5.74, 6) is -0.672. The van der Waals surface area contributed by atoms with E-state index in [0.29, 0.717) is 5.82 Å². The molecular weight excluding hydrogens is 409 g/mol. The van der Waals surface area contributed by atoms with E-state index in [1.165, 1.54) is 25.3 Å². The number of rotatable bonds is 5. The molecule has 0 bridgehead atoms. The minimum atomic E-state index is -4.72. The van der Waals surface area contributed by atoms with Crippen LogP contribution in [0.25, 0.3) is 0 Å². The molecule has 2 N–H and O–H groups in total. The van der Waals surface area contributed by atoms with Crippen molar-refractivity contribution in [2.24, 2.45) is 0 Å². The number of halogens is 3. The quantitative estimate of drug-likeness (QED) is 0.595. The molecule has 0 saturated carbocycles. The molecule has 1 aromatic heterocycles. The van der Waals surface area contributed by atoms with Gasteiger partial charge in [-0.2, -0.15) is 13.2 Å². The van der Waals surface area contributed by atoms with E-state index in [1.807, 2.05) is 42.3 Å². The SMILES string of the molecule is CC(=O)Nc1ccc(NC(=O)c2ccc(N(C)c3ccccc3)nc2)c(C(F)(F)F)c1. The number of amides is 2. The van der Waals surface area contributed by atoms with Crippen molar-refractivity contribution >= 4 is 34.7 Å². The van der Waals surface area contributed by atoms with E-state index in [1.54, 1.807) is 6.07 Å². The maximum Gasteiger partial charge on any atom is 0.418 e. The molecule has 9 heteroatoms. The van der Waals surface area contributed by atoms with Gasteiger partial charge in [0.1, 0.15) is 5.82 Å². The standard InChI is InChI=1S/C22H19F3N4O2/c1-14(30)27-16-9-10-19(18(12-16)22(23,24)25)28-21(31)15-8-11-20(26-13-15)29(2)17-6-4-3-5-7-17/h3-13H,1-2H3,(H,27,30)(H,28,31). The number of nitrogens with zero attached hydrogens (tertiary/aromatic N) is 2. The number of carbonyl (C=O) groups excluding carboxylic acids is 2. The first-order chi connectivity index (χ1) is 14.6. The van der Waals surface area contributed by atoms with Crippen LogP contribution < -0.4 is 15.5 Å². The molecule has 0 saturated heterocycles. The van der Waals surface area contributed by atoms with Gasteiger partial charge in [0.25, 0.3) is 5.91 Å². The summed E-state index contributed by atoms with van der Waals surface area (Å²) in [4.78, 5) is 29.7. The Balaban J connectivity index is 1.80. The highest BCUT2D eigenvalue weighted by molar-refractivity contribution is 6.04. The molecule has 2 aromatic carbocycles.